The summed E-state index contributed by atoms with van der Waals surface area (Å²) in [6.07, 6.45) is 0. The van der Waals surface area contributed by atoms with Crippen molar-refractivity contribution in [2.24, 2.45) is 0 Å². The molecule has 14 heavy (non-hydrogen) atoms. The molecule has 72 valence electrons. The molecule has 0 radical (unpaired) electrons. The van der Waals surface area contributed by atoms with Gasteiger partial charge in [-0.25, -0.2) is 4.98 Å². The van der Waals surface area contributed by atoms with Crippen molar-refractivity contribution >= 4 is 28.6 Å². The van der Waals surface area contributed by atoms with Crippen LogP contribution in [0.3, 0.4) is 0 Å². The summed E-state index contributed by atoms with van der Waals surface area (Å²) in [5, 5.41) is 5.65. The van der Waals surface area contributed by atoms with Crippen LogP contribution in [0.1, 0.15) is 0 Å². The maximum absolute atomic E-state index is 5.82. The van der Waals surface area contributed by atoms with Gasteiger partial charge in [0.15, 0.2) is 5.06 Å². The highest BCUT2D eigenvalue weighted by atomic mass is 35.5. The summed E-state index contributed by atoms with van der Waals surface area (Å²) < 4.78 is 5.51. The molecule has 0 fully saturated rings. The zero-order valence-electron chi connectivity index (χ0n) is 7.21. The summed E-state index contributed by atoms with van der Waals surface area (Å²) in [4.78, 5) is 4.20. The Bertz CT molecular complexity index is 417. The fraction of sp³-hybridized carbons (Fsp3) is 0.222. The third-order valence-electron chi connectivity index (χ3n) is 2.09. The van der Waals surface area contributed by atoms with Gasteiger partial charge in [-0.1, -0.05) is 22.9 Å². The Morgan fingerprint density at radius 2 is 2.43 bits per heavy atom. The van der Waals surface area contributed by atoms with Gasteiger partial charge in [0.25, 0.3) is 0 Å². The Morgan fingerprint density at radius 3 is 3.36 bits per heavy atom. The van der Waals surface area contributed by atoms with E-state index < -0.39 is 0 Å². The Balaban J connectivity index is 2.23. The minimum Gasteiger partial charge on any atom is -0.480 e. The number of nitrogens with one attached hydrogen (secondary N) is 1. The molecule has 0 aromatic rings. The molecule has 0 aliphatic carbocycles. The molecule has 1 N–H and O–H groups in total. The van der Waals surface area contributed by atoms with Crippen molar-refractivity contribution in [2.45, 2.75) is 0 Å². The number of aromatic nitrogens is 1. The molecule has 0 atom stereocenters. The molecule has 0 saturated heterocycles. The van der Waals surface area contributed by atoms with Gasteiger partial charge in [-0.3, -0.25) is 0 Å². The summed E-state index contributed by atoms with van der Waals surface area (Å²) in [5.74, 6) is 0. The monoisotopic (exact) mass is 226 g/mol. The molecule has 0 saturated carbocycles. The third kappa shape index (κ3) is 1.22. The lowest BCUT2D eigenvalue weighted by Crippen LogP contribution is -2.17. The van der Waals surface area contributed by atoms with Crippen molar-refractivity contribution in [3.8, 4) is 15.6 Å². The molecule has 3 aliphatic rings. The van der Waals surface area contributed by atoms with E-state index in [2.05, 4.69) is 10.3 Å². The van der Waals surface area contributed by atoms with E-state index in [0.717, 1.165) is 27.9 Å². The SMILES string of the molecule is Clc1cc2cc3c(sc-2n1)OCCN3. The van der Waals surface area contributed by atoms with Gasteiger partial charge in [-0.15, -0.1) is 0 Å². The molecule has 3 rings (SSSR count). The van der Waals surface area contributed by atoms with Crippen LogP contribution < -0.4 is 10.1 Å². The number of rotatable bonds is 0. The van der Waals surface area contributed by atoms with E-state index in [4.69, 9.17) is 16.3 Å². The minimum atomic E-state index is 0.540. The zero-order chi connectivity index (χ0) is 9.54. The van der Waals surface area contributed by atoms with Crippen molar-refractivity contribution in [2.75, 3.05) is 18.5 Å². The second-order valence-electron chi connectivity index (χ2n) is 3.06. The largest absolute Gasteiger partial charge is 0.480 e. The number of anilines is 1. The van der Waals surface area contributed by atoms with E-state index in [-0.39, 0.29) is 0 Å². The summed E-state index contributed by atoms with van der Waals surface area (Å²) in [6, 6.07) is 3.89. The average Bonchev–Trinajstić information content (AvgIpc) is 2.53. The first-order valence-electron chi connectivity index (χ1n) is 4.30. The van der Waals surface area contributed by atoms with Gasteiger partial charge in [-0.2, -0.15) is 0 Å². The Kier molecular flexibility index (Phi) is 1.78. The molecule has 0 spiro atoms. The third-order valence-corrected chi connectivity index (χ3v) is 3.33. The molecule has 0 bridgehead atoms. The van der Waals surface area contributed by atoms with Crippen molar-refractivity contribution in [1.29, 1.82) is 0 Å². The van der Waals surface area contributed by atoms with E-state index >= 15 is 0 Å². The molecule has 0 unspecified atom stereocenters. The first-order chi connectivity index (χ1) is 6.83. The molecule has 0 aromatic carbocycles. The maximum atomic E-state index is 5.82. The molecule has 0 amide bonds. The van der Waals surface area contributed by atoms with Gasteiger partial charge in [0.05, 0.1) is 5.69 Å². The molecular formula is C9H7ClN2OS. The number of fused-ring (bicyclic) bond motifs is 2. The second kappa shape index (κ2) is 3.00. The smallest absolute Gasteiger partial charge is 0.199 e. The molecule has 5 heteroatoms. The Labute approximate surface area is 90.0 Å². The zero-order valence-corrected chi connectivity index (χ0v) is 8.78. The van der Waals surface area contributed by atoms with Crippen LogP contribution in [0.25, 0.3) is 10.6 Å². The van der Waals surface area contributed by atoms with Crippen molar-refractivity contribution in [3.05, 3.63) is 17.3 Å². The normalized spacial score (nSPS) is 14.6. The number of ether oxygens (including phenoxy) is 1. The predicted octanol–water partition coefficient (Wildman–Crippen LogP) is 2.71. The number of hydrogen-bond acceptors (Lipinski definition) is 4. The van der Waals surface area contributed by atoms with Crippen LogP contribution in [0.4, 0.5) is 5.69 Å². The molecule has 0 aromatic heterocycles. The minimum absolute atomic E-state index is 0.540. The fourth-order valence-electron chi connectivity index (χ4n) is 1.49. The van der Waals surface area contributed by atoms with Crippen LogP contribution in [0.15, 0.2) is 12.1 Å². The quantitative estimate of drug-likeness (QED) is 0.750. The van der Waals surface area contributed by atoms with Crippen LogP contribution in [-0.4, -0.2) is 18.1 Å². The first kappa shape index (κ1) is 8.32. The summed E-state index contributed by atoms with van der Waals surface area (Å²) in [6.45, 7) is 1.57. The van der Waals surface area contributed by atoms with Gasteiger partial charge in [-0.05, 0) is 12.1 Å². The van der Waals surface area contributed by atoms with E-state index in [1.165, 1.54) is 11.3 Å². The Morgan fingerprint density at radius 1 is 1.50 bits per heavy atom. The second-order valence-corrected chi connectivity index (χ2v) is 4.41. The topological polar surface area (TPSA) is 34.1 Å². The number of halogens is 1. The Hall–Kier alpha value is -1.00. The lowest BCUT2D eigenvalue weighted by molar-refractivity contribution is 0.333. The van der Waals surface area contributed by atoms with E-state index in [0.29, 0.717) is 11.8 Å². The number of hydrogen-bond donors (Lipinski definition) is 1. The highest BCUT2D eigenvalue weighted by molar-refractivity contribution is 7.17. The van der Waals surface area contributed by atoms with Crippen LogP contribution in [0.2, 0.25) is 5.15 Å². The van der Waals surface area contributed by atoms with E-state index in [1.807, 2.05) is 12.1 Å². The van der Waals surface area contributed by atoms with Gasteiger partial charge in [0.1, 0.15) is 16.8 Å². The van der Waals surface area contributed by atoms with Crippen LogP contribution in [0, 0.1) is 0 Å². The standard InChI is InChI=1S/C9H7ClN2OS/c10-7-4-5-3-6-9(13-2-1-11-6)14-8(5)12-7/h3-4,11H,1-2H2. The summed E-state index contributed by atoms with van der Waals surface area (Å²) in [5.41, 5.74) is 2.11. The van der Waals surface area contributed by atoms with Gasteiger partial charge in [0.2, 0.25) is 0 Å². The summed E-state index contributed by atoms with van der Waals surface area (Å²) in [7, 11) is 0. The predicted molar refractivity (Wildman–Crippen MR) is 57.7 cm³/mol. The van der Waals surface area contributed by atoms with Crippen molar-refractivity contribution < 1.29 is 4.74 Å². The first-order valence-corrected chi connectivity index (χ1v) is 5.49. The lowest BCUT2D eigenvalue weighted by atomic mass is 10.3. The van der Waals surface area contributed by atoms with Gasteiger partial charge in [0, 0.05) is 12.1 Å². The van der Waals surface area contributed by atoms with Crippen LogP contribution in [-0.2, 0) is 0 Å². The van der Waals surface area contributed by atoms with E-state index in [1.54, 1.807) is 0 Å². The lowest BCUT2D eigenvalue weighted by Gasteiger charge is -2.18. The highest BCUT2D eigenvalue weighted by Gasteiger charge is 2.17. The van der Waals surface area contributed by atoms with Crippen molar-refractivity contribution in [3.63, 3.8) is 0 Å². The molecule has 3 nitrogen and oxygen atoms in total. The highest BCUT2D eigenvalue weighted by Crippen LogP contribution is 2.41. The fourth-order valence-corrected chi connectivity index (χ4v) is 2.68. The van der Waals surface area contributed by atoms with Gasteiger partial charge >= 0.3 is 0 Å². The molecule has 3 heterocycles. The molecule has 3 aliphatic heterocycles. The van der Waals surface area contributed by atoms with Crippen molar-refractivity contribution in [1.82, 2.24) is 4.98 Å². The van der Waals surface area contributed by atoms with Crippen LogP contribution in [0.5, 0.6) is 5.06 Å². The number of nitrogens with zero attached hydrogens (tertiary/aromatic N) is 1. The van der Waals surface area contributed by atoms with Gasteiger partial charge < -0.3 is 10.1 Å². The maximum Gasteiger partial charge on any atom is 0.199 e. The molecular weight excluding hydrogens is 220 g/mol. The van der Waals surface area contributed by atoms with Crippen LogP contribution >= 0.6 is 22.9 Å². The van der Waals surface area contributed by atoms with E-state index in [9.17, 15) is 0 Å². The summed E-state index contributed by atoms with van der Waals surface area (Å²) >= 11 is 7.35. The average molecular weight is 227 g/mol.